The minimum absolute atomic E-state index is 0. The van der Waals surface area contributed by atoms with Crippen molar-refractivity contribution in [2.75, 3.05) is 0 Å². The number of benzene rings is 2. The first kappa shape index (κ1) is 11.4. The summed E-state index contributed by atoms with van der Waals surface area (Å²) in [7, 11) is 0. The first-order chi connectivity index (χ1) is 6.93. The molecule has 1 nitrogen and oxygen atoms in total. The summed E-state index contributed by atoms with van der Waals surface area (Å²) in [4.78, 5) is 0. The summed E-state index contributed by atoms with van der Waals surface area (Å²) < 4.78 is 5.78. The zero-order valence-electron chi connectivity index (χ0n) is 7.73. The van der Waals surface area contributed by atoms with Crippen LogP contribution in [0.4, 0.5) is 0 Å². The van der Waals surface area contributed by atoms with E-state index in [1.54, 1.807) is 0 Å². The van der Waals surface area contributed by atoms with Gasteiger partial charge < -0.3 is 4.74 Å². The van der Waals surface area contributed by atoms with Gasteiger partial charge in [-0.3, -0.25) is 0 Å². The van der Waals surface area contributed by atoms with Gasteiger partial charge in [-0.05, 0) is 23.3 Å². The van der Waals surface area contributed by atoms with Gasteiger partial charge in [0.25, 0.3) is 0 Å². The van der Waals surface area contributed by atoms with E-state index in [2.05, 4.69) is 24.3 Å². The Bertz CT molecular complexity index is 392. The fraction of sp³-hybridized carbons (Fsp3) is 0.0769. The van der Waals surface area contributed by atoms with Crippen LogP contribution in [0.1, 0.15) is 11.1 Å². The van der Waals surface area contributed by atoms with Gasteiger partial charge in [-0.1, -0.05) is 36.4 Å². The van der Waals surface area contributed by atoms with E-state index in [1.807, 2.05) is 24.3 Å². The second-order valence-corrected chi connectivity index (χ2v) is 3.49. The Labute approximate surface area is 132 Å². The molecule has 0 aromatic heterocycles. The molecule has 0 spiro atoms. The van der Waals surface area contributed by atoms with Crippen molar-refractivity contribution in [1.82, 2.24) is 0 Å². The minimum Gasteiger partial charge on any atom is -0.457 e. The fourth-order valence-corrected chi connectivity index (χ4v) is 1.82. The number of rotatable bonds is 0. The maximum Gasteiger partial charge on any atom is 0.130 e. The number of ether oxygens (including phenoxy) is 1. The summed E-state index contributed by atoms with van der Waals surface area (Å²) in [5, 5.41) is 0. The molecule has 0 fully saturated rings. The Kier molecular flexibility index (Phi) is 3.64. The zero-order chi connectivity index (χ0) is 9.38. The van der Waals surface area contributed by atoms with E-state index >= 15 is 0 Å². The molecule has 1 aliphatic heterocycles. The number of hydrogen-bond acceptors (Lipinski definition) is 1. The molecule has 0 atom stereocenters. The van der Waals surface area contributed by atoms with Crippen LogP contribution in [0.25, 0.3) is 0 Å². The second kappa shape index (κ2) is 4.81. The van der Waals surface area contributed by atoms with Gasteiger partial charge >= 0.3 is 51.4 Å². The third kappa shape index (κ3) is 2.19. The molecule has 2 aromatic rings. The smallest absolute Gasteiger partial charge is 0.130 e. The molecule has 3 rings (SSSR count). The molecule has 70 valence electrons. The summed E-state index contributed by atoms with van der Waals surface area (Å²) in [5.74, 6) is 1.98. The van der Waals surface area contributed by atoms with Gasteiger partial charge in [-0.25, -0.2) is 0 Å². The van der Waals surface area contributed by atoms with Crippen molar-refractivity contribution < 1.29 is 4.74 Å². The van der Waals surface area contributed by atoms with E-state index in [0.717, 1.165) is 17.9 Å². The van der Waals surface area contributed by atoms with Crippen molar-refractivity contribution in [3.63, 3.8) is 0 Å². The van der Waals surface area contributed by atoms with Gasteiger partial charge in [-0.15, -0.1) is 0 Å². The summed E-state index contributed by atoms with van der Waals surface area (Å²) in [5.41, 5.74) is 2.54. The molecule has 1 aliphatic rings. The molecule has 0 N–H and O–H groups in total. The first-order valence-electron chi connectivity index (χ1n) is 4.77. The fourth-order valence-electron chi connectivity index (χ4n) is 1.82. The molecule has 1 heterocycles. The van der Waals surface area contributed by atoms with Gasteiger partial charge in [0, 0.05) is 6.42 Å². The molecule has 0 aliphatic carbocycles. The van der Waals surface area contributed by atoms with Gasteiger partial charge in [0.2, 0.25) is 0 Å². The van der Waals surface area contributed by atoms with E-state index in [1.165, 1.54) is 11.1 Å². The van der Waals surface area contributed by atoms with Crippen molar-refractivity contribution in [2.45, 2.75) is 6.42 Å². The van der Waals surface area contributed by atoms with Gasteiger partial charge in [-0.2, -0.15) is 0 Å². The van der Waals surface area contributed by atoms with Gasteiger partial charge in [0.1, 0.15) is 11.5 Å². The summed E-state index contributed by atoms with van der Waals surface area (Å²) in [6.07, 6.45) is 0.979. The minimum atomic E-state index is 0. The predicted molar refractivity (Wildman–Crippen MR) is 62.9 cm³/mol. The maximum atomic E-state index is 5.78. The van der Waals surface area contributed by atoms with E-state index in [4.69, 9.17) is 4.74 Å². The normalized spacial score (nSPS) is 11.7. The average molecular weight is 222 g/mol. The Balaban J connectivity index is 0.000000853. The standard InChI is InChI=1S/C13H10O.K.H/c1-3-7-12-10(5-1)9-11-6-2-4-8-13(11)14-12;;/h1-8H,9H2;;. The third-order valence-corrected chi connectivity index (χ3v) is 2.55. The molecule has 0 radical (unpaired) electrons. The van der Waals surface area contributed by atoms with E-state index in [-0.39, 0.29) is 51.4 Å². The number of hydrogen-bond donors (Lipinski definition) is 0. The molecule has 0 saturated carbocycles. The van der Waals surface area contributed by atoms with Crippen LogP contribution in [-0.2, 0) is 6.42 Å². The van der Waals surface area contributed by atoms with Crippen molar-refractivity contribution in [3.8, 4) is 11.5 Å². The van der Waals surface area contributed by atoms with E-state index < -0.39 is 0 Å². The quantitative estimate of drug-likeness (QED) is 0.531. The Hall–Kier alpha value is -0.124. The average Bonchev–Trinajstić information content (AvgIpc) is 2.26. The van der Waals surface area contributed by atoms with Crippen LogP contribution in [0, 0.1) is 0 Å². The molecule has 2 heteroatoms. The summed E-state index contributed by atoms with van der Waals surface area (Å²) in [6.45, 7) is 0. The van der Waals surface area contributed by atoms with Crippen LogP contribution in [0.15, 0.2) is 48.5 Å². The van der Waals surface area contributed by atoms with Crippen molar-refractivity contribution in [2.24, 2.45) is 0 Å². The second-order valence-electron chi connectivity index (χ2n) is 3.49. The van der Waals surface area contributed by atoms with Crippen LogP contribution >= 0.6 is 0 Å². The third-order valence-electron chi connectivity index (χ3n) is 2.55. The molecular weight excluding hydrogens is 211 g/mol. The summed E-state index contributed by atoms with van der Waals surface area (Å²) in [6, 6.07) is 16.4. The molecule has 0 saturated heterocycles. The topological polar surface area (TPSA) is 9.23 Å². The summed E-state index contributed by atoms with van der Waals surface area (Å²) >= 11 is 0. The van der Waals surface area contributed by atoms with Crippen LogP contribution < -0.4 is 4.74 Å². The molecule has 15 heavy (non-hydrogen) atoms. The number of para-hydroxylation sites is 2. The first-order valence-corrected chi connectivity index (χ1v) is 4.77. The van der Waals surface area contributed by atoms with Crippen LogP contribution in [-0.4, -0.2) is 51.4 Å². The largest absolute Gasteiger partial charge is 0.457 e. The van der Waals surface area contributed by atoms with Gasteiger partial charge in [0.05, 0.1) is 0 Å². The van der Waals surface area contributed by atoms with E-state index in [9.17, 15) is 0 Å². The molecule has 0 amide bonds. The van der Waals surface area contributed by atoms with Crippen molar-refractivity contribution in [3.05, 3.63) is 59.7 Å². The maximum absolute atomic E-state index is 5.78. The van der Waals surface area contributed by atoms with Crippen molar-refractivity contribution >= 4 is 51.4 Å². The monoisotopic (exact) mass is 222 g/mol. The molecule has 0 unspecified atom stereocenters. The Morgan fingerprint density at radius 3 is 1.73 bits per heavy atom. The van der Waals surface area contributed by atoms with Crippen LogP contribution in [0.5, 0.6) is 11.5 Å². The Morgan fingerprint density at radius 2 is 1.20 bits per heavy atom. The Morgan fingerprint density at radius 1 is 0.733 bits per heavy atom. The molecular formula is C13H11KO. The van der Waals surface area contributed by atoms with E-state index in [0.29, 0.717) is 0 Å². The molecule has 2 aromatic carbocycles. The zero-order valence-corrected chi connectivity index (χ0v) is 7.73. The number of fused-ring (bicyclic) bond motifs is 2. The molecule has 0 bridgehead atoms. The SMILES string of the molecule is [KH].c1ccc2c(c1)Cc1ccccc1O2. The van der Waals surface area contributed by atoms with Crippen molar-refractivity contribution in [1.29, 1.82) is 0 Å². The van der Waals surface area contributed by atoms with Crippen LogP contribution in [0.3, 0.4) is 0 Å². The van der Waals surface area contributed by atoms with Crippen LogP contribution in [0.2, 0.25) is 0 Å². The van der Waals surface area contributed by atoms with Gasteiger partial charge in [0.15, 0.2) is 0 Å². The predicted octanol–water partition coefficient (Wildman–Crippen LogP) is 2.73.